The Bertz CT molecular complexity index is 1210. The van der Waals surface area contributed by atoms with Crippen LogP contribution in [0, 0.1) is 62.7 Å². The highest BCUT2D eigenvalue weighted by molar-refractivity contribution is 6.32. The highest BCUT2D eigenvalue weighted by atomic mass is 35.5. The molecule has 2 rings (SSSR count). The second-order valence-corrected chi connectivity index (χ2v) is 11.9. The molecule has 0 heterocycles. The minimum atomic E-state index is -0.0723. The van der Waals surface area contributed by atoms with Crippen LogP contribution in [0.15, 0.2) is 44.3 Å². The average molecular weight is 515 g/mol. The first-order chi connectivity index (χ1) is 17.5. The SMILES string of the molecule is [C-]#[N+]/C(C#N)=C1\CC(C)(C)CC(NCCCCCCCC2=C(C#N)C(=C(C#N)C#N)CC(C)(C)C2)=C1Cl. The number of rotatable bonds is 9. The average Bonchev–Trinajstić information content (AvgIpc) is 2.84. The molecule has 0 aromatic heterocycles. The molecule has 0 atom stereocenters. The molecular weight excluding hydrogens is 480 g/mol. The van der Waals surface area contributed by atoms with Crippen molar-refractivity contribution in [1.82, 2.24) is 5.32 Å². The van der Waals surface area contributed by atoms with Crippen LogP contribution in [0.2, 0.25) is 0 Å². The lowest BCUT2D eigenvalue weighted by atomic mass is 9.70. The summed E-state index contributed by atoms with van der Waals surface area (Å²) in [5, 5.41) is 41.7. The first-order valence-electron chi connectivity index (χ1n) is 12.8. The molecule has 0 unspecified atom stereocenters. The van der Waals surface area contributed by atoms with Gasteiger partial charge in [0.25, 0.3) is 5.70 Å². The van der Waals surface area contributed by atoms with E-state index in [1.54, 1.807) is 0 Å². The number of nitriles is 4. The third-order valence-corrected chi connectivity index (χ3v) is 7.43. The Morgan fingerprint density at radius 2 is 1.46 bits per heavy atom. The van der Waals surface area contributed by atoms with Crippen LogP contribution >= 0.6 is 11.6 Å². The van der Waals surface area contributed by atoms with Crippen molar-refractivity contribution in [3.8, 4) is 24.3 Å². The summed E-state index contributed by atoms with van der Waals surface area (Å²) in [6.07, 6.45) is 8.75. The molecule has 0 radical (unpaired) electrons. The summed E-state index contributed by atoms with van der Waals surface area (Å²) < 4.78 is 0. The standard InChI is InChI=1S/C30H35ClN6/c1-29(2)13-21(25(19-34)23(14-29)22(17-32)18-33)11-9-7-6-8-10-12-37-26-16-30(3,4)15-24(28(26)31)27(20-35)36-5/h37H,6-16H2,1-4H3/b27-24+. The van der Waals surface area contributed by atoms with Crippen LogP contribution in [0.5, 0.6) is 0 Å². The van der Waals surface area contributed by atoms with Gasteiger partial charge in [0.15, 0.2) is 0 Å². The molecule has 37 heavy (non-hydrogen) atoms. The number of allylic oxidation sites excluding steroid dienone is 8. The van der Waals surface area contributed by atoms with Crippen molar-refractivity contribution in [3.05, 3.63) is 55.7 Å². The van der Waals surface area contributed by atoms with Crippen molar-refractivity contribution in [2.75, 3.05) is 6.54 Å². The second kappa shape index (κ2) is 13.2. The summed E-state index contributed by atoms with van der Waals surface area (Å²) in [4.78, 5) is 3.36. The zero-order valence-electron chi connectivity index (χ0n) is 22.4. The Morgan fingerprint density at radius 3 is 2.05 bits per heavy atom. The van der Waals surface area contributed by atoms with E-state index >= 15 is 0 Å². The number of halogens is 1. The van der Waals surface area contributed by atoms with Crippen LogP contribution in [-0.4, -0.2) is 6.54 Å². The minimum Gasteiger partial charge on any atom is -0.387 e. The van der Waals surface area contributed by atoms with E-state index in [0.717, 1.165) is 69.2 Å². The van der Waals surface area contributed by atoms with Gasteiger partial charge in [-0.2, -0.15) is 15.8 Å². The Morgan fingerprint density at radius 1 is 0.865 bits per heavy atom. The van der Waals surface area contributed by atoms with E-state index < -0.39 is 0 Å². The fraction of sp³-hybridized carbons (Fsp3) is 0.567. The fourth-order valence-corrected chi connectivity index (χ4v) is 5.61. The van der Waals surface area contributed by atoms with Gasteiger partial charge in [-0.25, -0.2) is 10.1 Å². The van der Waals surface area contributed by atoms with E-state index in [1.165, 1.54) is 0 Å². The molecule has 0 saturated carbocycles. The summed E-state index contributed by atoms with van der Waals surface area (Å²) in [5.41, 5.74) is 3.79. The molecule has 0 bridgehead atoms. The predicted octanol–water partition coefficient (Wildman–Crippen LogP) is 7.87. The molecule has 0 aromatic rings. The lowest BCUT2D eigenvalue weighted by Gasteiger charge is -2.34. The van der Waals surface area contributed by atoms with Crippen molar-refractivity contribution >= 4 is 11.6 Å². The van der Waals surface area contributed by atoms with Crippen LogP contribution < -0.4 is 5.32 Å². The Kier molecular flexibility index (Phi) is 10.6. The smallest absolute Gasteiger partial charge is 0.266 e. The summed E-state index contributed by atoms with van der Waals surface area (Å²) in [6, 6.07) is 8.20. The molecule has 6 nitrogen and oxygen atoms in total. The molecule has 0 aromatic carbocycles. The van der Waals surface area contributed by atoms with E-state index in [0.29, 0.717) is 34.6 Å². The maximum atomic E-state index is 9.76. The quantitative estimate of drug-likeness (QED) is 0.191. The number of hydrogen-bond acceptors (Lipinski definition) is 5. The van der Waals surface area contributed by atoms with Gasteiger partial charge in [-0.1, -0.05) is 64.1 Å². The van der Waals surface area contributed by atoms with Crippen LogP contribution in [0.3, 0.4) is 0 Å². The van der Waals surface area contributed by atoms with Crippen molar-refractivity contribution in [1.29, 1.82) is 21.0 Å². The Labute approximate surface area is 227 Å². The first kappa shape index (κ1) is 29.7. The molecule has 0 spiro atoms. The Balaban J connectivity index is 1.89. The van der Waals surface area contributed by atoms with E-state index in [4.69, 9.17) is 18.2 Å². The van der Waals surface area contributed by atoms with E-state index in [9.17, 15) is 21.0 Å². The summed E-state index contributed by atoms with van der Waals surface area (Å²) in [7, 11) is 0. The minimum absolute atomic E-state index is 0.0615. The number of unbranched alkanes of at least 4 members (excludes halogenated alkanes) is 4. The number of hydrogen-bond donors (Lipinski definition) is 1. The molecule has 1 N–H and O–H groups in total. The predicted molar refractivity (Wildman–Crippen MR) is 145 cm³/mol. The molecule has 0 amide bonds. The second-order valence-electron chi connectivity index (χ2n) is 11.5. The van der Waals surface area contributed by atoms with Crippen LogP contribution in [0.4, 0.5) is 0 Å². The summed E-state index contributed by atoms with van der Waals surface area (Å²) in [5.74, 6) is 0. The number of nitrogens with zero attached hydrogens (tertiary/aromatic N) is 5. The third-order valence-electron chi connectivity index (χ3n) is 6.98. The lowest BCUT2D eigenvalue weighted by molar-refractivity contribution is 0.338. The topological polar surface area (TPSA) is 112 Å². The molecule has 2 aliphatic carbocycles. The number of nitrogens with one attached hydrogen (secondary N) is 1. The summed E-state index contributed by atoms with van der Waals surface area (Å²) >= 11 is 6.57. The highest BCUT2D eigenvalue weighted by Crippen LogP contribution is 2.45. The van der Waals surface area contributed by atoms with E-state index in [1.807, 2.05) is 18.2 Å². The fourth-order valence-electron chi connectivity index (χ4n) is 5.32. The van der Waals surface area contributed by atoms with Gasteiger partial charge in [-0.15, -0.1) is 0 Å². The first-order valence-corrected chi connectivity index (χ1v) is 13.2. The largest absolute Gasteiger partial charge is 0.387 e. The van der Waals surface area contributed by atoms with Gasteiger partial charge in [0, 0.05) is 12.2 Å². The Hall–Kier alpha value is -3.50. The van der Waals surface area contributed by atoms with Crippen molar-refractivity contribution in [2.24, 2.45) is 10.8 Å². The van der Waals surface area contributed by atoms with Gasteiger partial charge in [0.05, 0.1) is 29.3 Å². The van der Waals surface area contributed by atoms with E-state index in [2.05, 4.69) is 43.9 Å². The molecule has 192 valence electrons. The van der Waals surface area contributed by atoms with Crippen LogP contribution in [0.1, 0.15) is 91.9 Å². The lowest BCUT2D eigenvalue weighted by Crippen LogP contribution is -2.27. The highest BCUT2D eigenvalue weighted by Gasteiger charge is 2.33. The van der Waals surface area contributed by atoms with Gasteiger partial charge in [-0.3, -0.25) is 0 Å². The molecule has 7 heteroatoms. The maximum Gasteiger partial charge on any atom is 0.266 e. The van der Waals surface area contributed by atoms with Crippen molar-refractivity contribution in [3.63, 3.8) is 0 Å². The maximum absolute atomic E-state index is 9.76. The van der Waals surface area contributed by atoms with Gasteiger partial charge < -0.3 is 5.32 Å². The zero-order valence-corrected chi connectivity index (χ0v) is 23.1. The monoisotopic (exact) mass is 514 g/mol. The van der Waals surface area contributed by atoms with Crippen molar-refractivity contribution in [2.45, 2.75) is 91.9 Å². The molecular formula is C30H35ClN6. The van der Waals surface area contributed by atoms with Crippen molar-refractivity contribution < 1.29 is 0 Å². The zero-order chi connectivity index (χ0) is 27.6. The van der Waals surface area contributed by atoms with Gasteiger partial charge in [0.2, 0.25) is 0 Å². The van der Waals surface area contributed by atoms with Gasteiger partial charge in [0.1, 0.15) is 17.7 Å². The molecule has 0 aliphatic heterocycles. The third kappa shape index (κ3) is 7.99. The molecule has 2 aliphatic rings. The van der Waals surface area contributed by atoms with E-state index in [-0.39, 0.29) is 22.1 Å². The molecule has 0 saturated heterocycles. The van der Waals surface area contributed by atoms with Gasteiger partial charge in [-0.05, 0) is 66.9 Å². The molecule has 0 fully saturated rings. The summed E-state index contributed by atoms with van der Waals surface area (Å²) in [6.45, 7) is 16.6. The van der Waals surface area contributed by atoms with Crippen LogP contribution in [-0.2, 0) is 0 Å². The van der Waals surface area contributed by atoms with Crippen LogP contribution in [0.25, 0.3) is 4.85 Å². The van der Waals surface area contributed by atoms with Gasteiger partial charge >= 0.3 is 0 Å². The normalized spacial score (nSPS) is 19.6.